The van der Waals surface area contributed by atoms with E-state index in [1.807, 2.05) is 47.6 Å². The summed E-state index contributed by atoms with van der Waals surface area (Å²) < 4.78 is 24.4. The predicted molar refractivity (Wildman–Crippen MR) is 112 cm³/mol. The van der Waals surface area contributed by atoms with Gasteiger partial charge >= 0.3 is 0 Å². The standard InChI is InChI=1S/C19H27N7O2S/c1-6-26-13(4)15(9-22-26)17-23-16-18(24(17)5)20-11-21-19(16)28-14-7-8-25(10-14)29(27)12(2)3/h9,11-12,14H,6-8,10H2,1-5H3/t14-,29?/m0/s1. The first-order valence-electron chi connectivity index (χ1n) is 9.93. The maximum Gasteiger partial charge on any atom is 0.245 e. The van der Waals surface area contributed by atoms with Gasteiger partial charge in [0.15, 0.2) is 11.2 Å². The highest BCUT2D eigenvalue weighted by atomic mass is 32.2. The van der Waals surface area contributed by atoms with Crippen molar-refractivity contribution in [1.82, 2.24) is 33.6 Å². The highest BCUT2D eigenvalue weighted by Gasteiger charge is 2.30. The summed E-state index contributed by atoms with van der Waals surface area (Å²) in [7, 11) is 0.951. The molecule has 0 radical (unpaired) electrons. The minimum Gasteiger partial charge on any atom is -0.471 e. The van der Waals surface area contributed by atoms with Crippen molar-refractivity contribution in [3.63, 3.8) is 0 Å². The predicted octanol–water partition coefficient (Wildman–Crippen LogP) is 2.08. The van der Waals surface area contributed by atoms with Gasteiger partial charge in [-0.05, 0) is 34.1 Å². The molecule has 1 aliphatic heterocycles. The van der Waals surface area contributed by atoms with Crippen LogP contribution in [0.5, 0.6) is 5.88 Å². The Hall–Kier alpha value is -2.33. The lowest BCUT2D eigenvalue weighted by molar-refractivity contribution is 0.210. The molecule has 3 aromatic heterocycles. The van der Waals surface area contributed by atoms with Gasteiger partial charge in [0.2, 0.25) is 5.88 Å². The molecule has 3 aromatic rings. The lowest BCUT2D eigenvalue weighted by Crippen LogP contribution is -2.30. The van der Waals surface area contributed by atoms with E-state index in [9.17, 15) is 4.21 Å². The number of aryl methyl sites for hydroxylation is 2. The van der Waals surface area contributed by atoms with Crippen molar-refractivity contribution in [2.45, 2.75) is 52.0 Å². The second kappa shape index (κ2) is 7.83. The van der Waals surface area contributed by atoms with Gasteiger partial charge in [0, 0.05) is 37.6 Å². The van der Waals surface area contributed by atoms with Crippen molar-refractivity contribution in [2.75, 3.05) is 13.1 Å². The third-order valence-corrected chi connectivity index (χ3v) is 6.96. The minimum atomic E-state index is -0.987. The Bertz CT molecular complexity index is 1060. The van der Waals surface area contributed by atoms with Gasteiger partial charge < -0.3 is 9.30 Å². The van der Waals surface area contributed by atoms with Gasteiger partial charge in [-0.1, -0.05) is 0 Å². The summed E-state index contributed by atoms with van der Waals surface area (Å²) in [6.45, 7) is 10.2. The van der Waals surface area contributed by atoms with Gasteiger partial charge in [0.25, 0.3) is 0 Å². The number of imidazole rings is 1. The average molecular weight is 418 g/mol. The summed E-state index contributed by atoms with van der Waals surface area (Å²) in [6.07, 6.45) is 4.09. The second-order valence-corrected chi connectivity index (χ2v) is 9.56. The lowest BCUT2D eigenvalue weighted by atomic mass is 10.2. The molecule has 1 aliphatic rings. The molecule has 4 heterocycles. The fourth-order valence-corrected chi connectivity index (χ4v) is 4.90. The largest absolute Gasteiger partial charge is 0.471 e. The van der Waals surface area contributed by atoms with E-state index in [2.05, 4.69) is 22.0 Å². The molecule has 10 heteroatoms. The smallest absolute Gasteiger partial charge is 0.245 e. The van der Waals surface area contributed by atoms with Crippen molar-refractivity contribution in [3.8, 4) is 17.3 Å². The zero-order chi connectivity index (χ0) is 20.7. The van der Waals surface area contributed by atoms with Crippen LogP contribution in [0.3, 0.4) is 0 Å². The number of aromatic nitrogens is 6. The maximum atomic E-state index is 12.4. The first-order valence-corrected chi connectivity index (χ1v) is 11.1. The Morgan fingerprint density at radius 2 is 2.14 bits per heavy atom. The van der Waals surface area contributed by atoms with E-state index in [-0.39, 0.29) is 11.4 Å². The highest BCUT2D eigenvalue weighted by molar-refractivity contribution is 7.83. The Kier molecular flexibility index (Phi) is 5.39. The first-order chi connectivity index (χ1) is 13.9. The fourth-order valence-electron chi connectivity index (χ4n) is 3.70. The molecular weight excluding hydrogens is 390 g/mol. The molecule has 29 heavy (non-hydrogen) atoms. The van der Waals surface area contributed by atoms with Crippen LogP contribution in [0, 0.1) is 6.92 Å². The van der Waals surface area contributed by atoms with Crippen LogP contribution in [-0.4, -0.2) is 62.3 Å². The van der Waals surface area contributed by atoms with E-state index >= 15 is 0 Å². The molecule has 0 amide bonds. The topological polar surface area (TPSA) is 91.0 Å². The molecular formula is C19H27N7O2S. The van der Waals surface area contributed by atoms with Crippen LogP contribution < -0.4 is 4.74 Å². The van der Waals surface area contributed by atoms with Crippen LogP contribution in [0.4, 0.5) is 0 Å². The molecule has 1 unspecified atom stereocenters. The van der Waals surface area contributed by atoms with E-state index in [0.29, 0.717) is 23.6 Å². The van der Waals surface area contributed by atoms with E-state index in [0.717, 1.165) is 36.6 Å². The first kappa shape index (κ1) is 20.0. The fraction of sp³-hybridized carbons (Fsp3) is 0.579. The van der Waals surface area contributed by atoms with Gasteiger partial charge in [-0.15, -0.1) is 0 Å². The maximum absolute atomic E-state index is 12.4. The molecule has 0 saturated carbocycles. The van der Waals surface area contributed by atoms with Crippen LogP contribution in [-0.2, 0) is 24.6 Å². The Morgan fingerprint density at radius 3 is 2.83 bits per heavy atom. The third-order valence-electron chi connectivity index (χ3n) is 5.31. The van der Waals surface area contributed by atoms with Gasteiger partial charge in [-0.3, -0.25) is 4.68 Å². The highest BCUT2D eigenvalue weighted by Crippen LogP contribution is 2.30. The molecule has 0 bridgehead atoms. The summed E-state index contributed by atoms with van der Waals surface area (Å²) in [6, 6.07) is 0. The summed E-state index contributed by atoms with van der Waals surface area (Å²) in [5.41, 5.74) is 3.38. The molecule has 156 valence electrons. The van der Waals surface area contributed by atoms with Crippen molar-refractivity contribution >= 4 is 22.1 Å². The third kappa shape index (κ3) is 3.55. The number of hydrogen-bond acceptors (Lipinski definition) is 6. The summed E-state index contributed by atoms with van der Waals surface area (Å²) in [4.78, 5) is 13.6. The molecule has 9 nitrogen and oxygen atoms in total. The summed E-state index contributed by atoms with van der Waals surface area (Å²) in [5, 5.41) is 4.53. The molecule has 1 fully saturated rings. The summed E-state index contributed by atoms with van der Waals surface area (Å²) >= 11 is 0. The lowest BCUT2D eigenvalue weighted by Gasteiger charge is -2.17. The molecule has 1 saturated heterocycles. The average Bonchev–Trinajstić information content (AvgIpc) is 3.40. The van der Waals surface area contributed by atoms with Crippen molar-refractivity contribution < 1.29 is 8.95 Å². The van der Waals surface area contributed by atoms with Gasteiger partial charge in [-0.2, -0.15) is 10.1 Å². The van der Waals surface area contributed by atoms with E-state index in [4.69, 9.17) is 9.72 Å². The molecule has 4 rings (SSSR count). The quantitative estimate of drug-likeness (QED) is 0.610. The second-order valence-electron chi connectivity index (χ2n) is 7.55. The molecule has 0 spiro atoms. The zero-order valence-corrected chi connectivity index (χ0v) is 18.3. The van der Waals surface area contributed by atoms with E-state index in [1.165, 1.54) is 6.33 Å². The Labute approximate surface area is 172 Å². The van der Waals surface area contributed by atoms with E-state index in [1.54, 1.807) is 0 Å². The van der Waals surface area contributed by atoms with Gasteiger partial charge in [0.05, 0.1) is 22.7 Å². The number of ether oxygens (including phenoxy) is 1. The van der Waals surface area contributed by atoms with Crippen LogP contribution in [0.15, 0.2) is 12.5 Å². The number of nitrogens with zero attached hydrogens (tertiary/aromatic N) is 7. The number of rotatable bonds is 6. The molecule has 0 N–H and O–H groups in total. The van der Waals surface area contributed by atoms with Crippen LogP contribution in [0.25, 0.3) is 22.6 Å². The minimum absolute atomic E-state index is 0.0640. The van der Waals surface area contributed by atoms with Crippen LogP contribution >= 0.6 is 0 Å². The van der Waals surface area contributed by atoms with Gasteiger partial charge in [0.1, 0.15) is 18.3 Å². The molecule has 2 atom stereocenters. The Balaban J connectivity index is 1.63. The van der Waals surface area contributed by atoms with Gasteiger partial charge in [-0.25, -0.2) is 18.5 Å². The molecule has 0 aliphatic carbocycles. The SMILES string of the molecule is CCn1ncc(-c2nc3c(O[C@H]4CCN(S(=O)C(C)C)C4)ncnc3n2C)c1C. The van der Waals surface area contributed by atoms with E-state index < -0.39 is 11.0 Å². The zero-order valence-electron chi connectivity index (χ0n) is 17.5. The number of hydrogen-bond donors (Lipinski definition) is 0. The van der Waals surface area contributed by atoms with Crippen LogP contribution in [0.1, 0.15) is 32.9 Å². The van der Waals surface area contributed by atoms with Crippen molar-refractivity contribution in [3.05, 3.63) is 18.2 Å². The number of fused-ring (bicyclic) bond motifs is 1. The van der Waals surface area contributed by atoms with Crippen LogP contribution in [0.2, 0.25) is 0 Å². The van der Waals surface area contributed by atoms with Crippen molar-refractivity contribution in [1.29, 1.82) is 0 Å². The normalized spacial score (nSPS) is 18.8. The van der Waals surface area contributed by atoms with Crippen molar-refractivity contribution in [2.24, 2.45) is 7.05 Å². The monoisotopic (exact) mass is 417 g/mol. The summed E-state index contributed by atoms with van der Waals surface area (Å²) in [5.74, 6) is 1.26. The Morgan fingerprint density at radius 1 is 1.34 bits per heavy atom. The molecule has 0 aromatic carbocycles.